The molecule has 12 heteroatoms. The maximum absolute atomic E-state index is 16.3. The lowest BCUT2D eigenvalue weighted by Crippen LogP contribution is -2.28. The van der Waals surface area contributed by atoms with Crippen molar-refractivity contribution in [3.8, 4) is 28.5 Å². The van der Waals surface area contributed by atoms with Crippen LogP contribution in [-0.4, -0.2) is 46.8 Å². The first-order chi connectivity index (χ1) is 21.4. The van der Waals surface area contributed by atoms with E-state index in [4.69, 9.17) is 35.5 Å². The first kappa shape index (κ1) is 28.9. The molecule has 0 aliphatic carbocycles. The predicted octanol–water partition coefficient (Wildman–Crippen LogP) is 4.68. The van der Waals surface area contributed by atoms with Gasteiger partial charge >= 0.3 is 0 Å². The van der Waals surface area contributed by atoms with Crippen molar-refractivity contribution in [3.63, 3.8) is 0 Å². The Morgan fingerprint density at radius 1 is 1.18 bits per heavy atom. The molecule has 6 rings (SSSR count). The number of fused-ring (bicyclic) bond motifs is 1. The van der Waals surface area contributed by atoms with E-state index in [0.29, 0.717) is 66.2 Å². The number of primary amides is 1. The number of hydrogen-bond acceptors (Lipinski definition) is 9. The highest BCUT2D eigenvalue weighted by molar-refractivity contribution is 5.99. The van der Waals surface area contributed by atoms with Crippen LogP contribution >= 0.6 is 0 Å². The van der Waals surface area contributed by atoms with E-state index in [0.717, 1.165) is 10.8 Å². The Kier molecular flexibility index (Phi) is 8.26. The number of aromatic nitrogens is 3. The highest BCUT2D eigenvalue weighted by Crippen LogP contribution is 2.36. The van der Waals surface area contributed by atoms with E-state index < -0.39 is 17.8 Å². The van der Waals surface area contributed by atoms with Crippen LogP contribution < -0.4 is 31.3 Å². The van der Waals surface area contributed by atoms with Crippen LogP contribution in [0, 0.1) is 5.82 Å². The Bertz CT molecular complexity index is 1810. The van der Waals surface area contributed by atoms with Crippen molar-refractivity contribution < 1.29 is 28.2 Å². The Morgan fingerprint density at radius 2 is 2.05 bits per heavy atom. The van der Waals surface area contributed by atoms with Crippen LogP contribution in [0.1, 0.15) is 41.1 Å². The van der Waals surface area contributed by atoms with Gasteiger partial charge in [-0.1, -0.05) is 18.2 Å². The molecule has 226 valence electrons. The van der Waals surface area contributed by atoms with Gasteiger partial charge in [-0.15, -0.1) is 5.48 Å². The summed E-state index contributed by atoms with van der Waals surface area (Å²) >= 11 is 0. The Hall–Kier alpha value is -5.20. The van der Waals surface area contributed by atoms with E-state index in [-0.39, 0.29) is 17.4 Å². The van der Waals surface area contributed by atoms with Gasteiger partial charge in [0.1, 0.15) is 35.3 Å². The lowest BCUT2D eigenvalue weighted by Gasteiger charge is -2.22. The van der Waals surface area contributed by atoms with E-state index in [1.807, 2.05) is 13.0 Å². The zero-order valence-corrected chi connectivity index (χ0v) is 23.9. The van der Waals surface area contributed by atoms with Gasteiger partial charge in [0.15, 0.2) is 11.6 Å². The number of rotatable bonds is 11. The van der Waals surface area contributed by atoms with Gasteiger partial charge in [0.05, 0.1) is 25.5 Å². The Morgan fingerprint density at radius 3 is 2.84 bits per heavy atom. The molecule has 0 bridgehead atoms. The number of ether oxygens (including phenoxy) is 3. The number of hydroxylamine groups is 1. The van der Waals surface area contributed by atoms with Gasteiger partial charge in [0.25, 0.3) is 0 Å². The number of nitrogens with two attached hydrogens (primary N) is 2. The van der Waals surface area contributed by atoms with E-state index in [9.17, 15) is 4.79 Å². The molecule has 3 heterocycles. The molecule has 1 aliphatic heterocycles. The first-order valence-electron chi connectivity index (χ1n) is 14.1. The van der Waals surface area contributed by atoms with Gasteiger partial charge in [-0.2, -0.15) is 0 Å². The number of pyridine rings is 1. The fourth-order valence-corrected chi connectivity index (χ4v) is 5.10. The molecule has 44 heavy (non-hydrogen) atoms. The van der Waals surface area contributed by atoms with Crippen LogP contribution in [0.15, 0.2) is 73.1 Å². The van der Waals surface area contributed by atoms with Crippen molar-refractivity contribution in [2.75, 3.05) is 25.6 Å². The Balaban J connectivity index is 1.41. The third kappa shape index (κ3) is 5.98. The number of imidazole rings is 1. The average molecular weight is 599 g/mol. The van der Waals surface area contributed by atoms with Crippen molar-refractivity contribution in [2.24, 2.45) is 5.73 Å². The van der Waals surface area contributed by atoms with Crippen LogP contribution in [0.3, 0.4) is 0 Å². The lowest BCUT2D eigenvalue weighted by molar-refractivity contribution is 0.100. The quantitative estimate of drug-likeness (QED) is 0.158. The highest BCUT2D eigenvalue weighted by atomic mass is 19.1. The molecule has 11 nitrogen and oxygen atoms in total. The van der Waals surface area contributed by atoms with Crippen molar-refractivity contribution in [2.45, 2.75) is 25.5 Å². The molecule has 5 aromatic rings. The molecule has 2 aromatic heterocycles. The number of carbonyl (C=O) groups excluding carboxylic acids is 1. The number of nitrogens with one attached hydrogen (secondary N) is 2. The second kappa shape index (κ2) is 12.6. The van der Waals surface area contributed by atoms with Crippen LogP contribution in [0.4, 0.5) is 10.2 Å². The maximum atomic E-state index is 16.3. The summed E-state index contributed by atoms with van der Waals surface area (Å²) in [4.78, 5) is 30.1. The molecule has 1 fully saturated rings. The minimum Gasteiger partial charge on any atom is -0.494 e. The predicted molar refractivity (Wildman–Crippen MR) is 162 cm³/mol. The molecule has 0 spiro atoms. The molecule has 0 saturated carbocycles. The number of nitrogen functional groups attached to an aromatic ring is 1. The highest BCUT2D eigenvalue weighted by Gasteiger charge is 2.28. The minimum absolute atomic E-state index is 0.0211. The molecular weight excluding hydrogens is 567 g/mol. The summed E-state index contributed by atoms with van der Waals surface area (Å²) in [6.07, 6.45) is 3.57. The maximum Gasteiger partial charge on any atom is 0.249 e. The molecule has 1 saturated heterocycles. The van der Waals surface area contributed by atoms with E-state index in [2.05, 4.69) is 15.4 Å². The first-order valence-corrected chi connectivity index (χ1v) is 14.1. The number of H-pyrrole nitrogens is 1. The van der Waals surface area contributed by atoms with E-state index in [1.54, 1.807) is 60.9 Å². The third-order valence-corrected chi connectivity index (χ3v) is 7.25. The summed E-state index contributed by atoms with van der Waals surface area (Å²) in [6.45, 7) is 3.10. The number of carbonyl (C=O) groups is 1. The SMILES string of the molecule is CCOc1cc(OC2CCOC2)c(F)c(C(NOc2ccc3c(N)nccc3c2)c2nc(-c3ccccc3C(N)=O)c[nH]2)c1. The van der Waals surface area contributed by atoms with Crippen LogP contribution in [0.5, 0.6) is 17.2 Å². The van der Waals surface area contributed by atoms with E-state index in [1.165, 1.54) is 6.07 Å². The number of nitrogens with zero attached hydrogens (tertiary/aromatic N) is 2. The van der Waals surface area contributed by atoms with Crippen molar-refractivity contribution in [3.05, 3.63) is 95.8 Å². The second-order valence-corrected chi connectivity index (χ2v) is 10.2. The molecule has 1 aliphatic rings. The zero-order chi connectivity index (χ0) is 30.6. The number of amides is 1. The fraction of sp³-hybridized carbons (Fsp3) is 0.219. The van der Waals surface area contributed by atoms with Gasteiger partial charge in [-0.25, -0.2) is 14.4 Å². The molecule has 1 amide bonds. The van der Waals surface area contributed by atoms with Crippen molar-refractivity contribution >= 4 is 22.5 Å². The zero-order valence-electron chi connectivity index (χ0n) is 23.9. The van der Waals surface area contributed by atoms with Gasteiger partial charge in [-0.05, 0) is 48.7 Å². The normalized spacial score (nSPS) is 15.3. The number of hydrogen-bond donors (Lipinski definition) is 4. The Labute approximate surface area is 252 Å². The van der Waals surface area contributed by atoms with Gasteiger partial charge in [0.2, 0.25) is 5.91 Å². The van der Waals surface area contributed by atoms with Gasteiger partial charge in [0, 0.05) is 47.0 Å². The van der Waals surface area contributed by atoms with Gasteiger partial charge in [-0.3, -0.25) is 4.79 Å². The summed E-state index contributed by atoms with van der Waals surface area (Å²) in [5.41, 5.74) is 16.0. The molecule has 6 N–H and O–H groups in total. The minimum atomic E-state index is -0.981. The smallest absolute Gasteiger partial charge is 0.249 e. The van der Waals surface area contributed by atoms with Crippen molar-refractivity contribution in [1.82, 2.24) is 20.4 Å². The fourth-order valence-electron chi connectivity index (χ4n) is 5.10. The summed E-state index contributed by atoms with van der Waals surface area (Å²) < 4.78 is 33.5. The molecule has 3 aromatic carbocycles. The number of aromatic amines is 1. The molecule has 0 radical (unpaired) electrons. The number of anilines is 1. The second-order valence-electron chi connectivity index (χ2n) is 10.2. The monoisotopic (exact) mass is 598 g/mol. The van der Waals surface area contributed by atoms with Crippen LogP contribution in [0.2, 0.25) is 0 Å². The largest absolute Gasteiger partial charge is 0.494 e. The summed E-state index contributed by atoms with van der Waals surface area (Å²) in [5.74, 6) is 0.361. The van der Waals surface area contributed by atoms with Gasteiger partial charge < -0.3 is 35.5 Å². The van der Waals surface area contributed by atoms with E-state index >= 15 is 4.39 Å². The summed E-state index contributed by atoms with van der Waals surface area (Å²) in [5, 5.41) is 1.59. The lowest BCUT2D eigenvalue weighted by atomic mass is 10.0. The number of halogens is 1. The van der Waals surface area contributed by atoms with Crippen LogP contribution in [0.25, 0.3) is 22.0 Å². The van der Waals surface area contributed by atoms with Crippen molar-refractivity contribution in [1.29, 1.82) is 0 Å². The van der Waals surface area contributed by atoms with Crippen LogP contribution in [-0.2, 0) is 4.74 Å². The number of benzene rings is 3. The molecular formula is C32H31FN6O5. The standard InChI is InChI=1S/C32H31FN6O5/c1-2-42-21-14-25(28(33)27(15-21)43-20-10-12-41-17-20)29(39-44-19-7-8-22-18(13-19)9-11-36-30(22)34)32-37-16-26(38-32)23-5-3-4-6-24(23)31(35)40/h3-9,11,13-16,20,29,39H,2,10,12,17H2,1H3,(H2,34,36)(H2,35,40)(H,37,38). The molecule has 2 atom stereocenters. The summed E-state index contributed by atoms with van der Waals surface area (Å²) in [6, 6.07) is 16.1. The topological polar surface area (TPSA) is 160 Å². The third-order valence-electron chi connectivity index (χ3n) is 7.25. The molecule has 2 unspecified atom stereocenters. The average Bonchev–Trinajstić information content (AvgIpc) is 3.72. The summed E-state index contributed by atoms with van der Waals surface area (Å²) in [7, 11) is 0.